The van der Waals surface area contributed by atoms with Crippen LogP contribution in [-0.2, 0) is 16.6 Å². The van der Waals surface area contributed by atoms with E-state index in [1.807, 2.05) is 6.92 Å². The third-order valence-electron chi connectivity index (χ3n) is 4.07. The van der Waals surface area contributed by atoms with Crippen LogP contribution in [0.5, 0.6) is 0 Å². The highest BCUT2D eigenvalue weighted by Gasteiger charge is 2.36. The second-order valence-electron chi connectivity index (χ2n) is 5.79. The maximum absolute atomic E-state index is 12.5. The summed E-state index contributed by atoms with van der Waals surface area (Å²) < 4.78 is 26.5. The Morgan fingerprint density at radius 3 is 2.62 bits per heavy atom. The number of sulfonamides is 1. The Morgan fingerprint density at radius 1 is 1.43 bits per heavy atom. The van der Waals surface area contributed by atoms with Crippen molar-refractivity contribution < 1.29 is 8.42 Å². The van der Waals surface area contributed by atoms with Gasteiger partial charge in [0, 0.05) is 25.2 Å². The van der Waals surface area contributed by atoms with Crippen molar-refractivity contribution in [1.82, 2.24) is 9.62 Å². The summed E-state index contributed by atoms with van der Waals surface area (Å²) in [5, 5.41) is 3.67. The Labute approximate surface area is 132 Å². The van der Waals surface area contributed by atoms with Gasteiger partial charge in [-0.2, -0.15) is 0 Å². The van der Waals surface area contributed by atoms with E-state index in [1.54, 1.807) is 25.2 Å². The summed E-state index contributed by atoms with van der Waals surface area (Å²) in [5.74, 6) is 1.13. The Hall–Kier alpha value is -0.620. The van der Waals surface area contributed by atoms with Crippen molar-refractivity contribution in [3.63, 3.8) is 0 Å². The van der Waals surface area contributed by atoms with Crippen molar-refractivity contribution in [3.05, 3.63) is 28.8 Å². The molecule has 1 aromatic carbocycles. The lowest BCUT2D eigenvalue weighted by Gasteiger charge is -2.18. The molecule has 0 spiro atoms. The van der Waals surface area contributed by atoms with E-state index in [0.717, 1.165) is 18.5 Å². The van der Waals surface area contributed by atoms with Gasteiger partial charge >= 0.3 is 0 Å². The van der Waals surface area contributed by atoms with E-state index in [9.17, 15) is 8.42 Å². The van der Waals surface area contributed by atoms with E-state index >= 15 is 0 Å². The number of benzene rings is 1. The molecule has 0 radical (unpaired) electrons. The molecule has 0 amide bonds. The number of halogens is 1. The van der Waals surface area contributed by atoms with Gasteiger partial charge in [0.25, 0.3) is 0 Å². The highest BCUT2D eigenvalue weighted by atomic mass is 35.5. The lowest BCUT2D eigenvalue weighted by atomic mass is 10.2. The van der Waals surface area contributed by atoms with Gasteiger partial charge in [0.1, 0.15) is 0 Å². The first-order valence-electron chi connectivity index (χ1n) is 7.31. The average Bonchev–Trinajstić information content (AvgIpc) is 3.12. The van der Waals surface area contributed by atoms with Crippen LogP contribution in [-0.4, -0.2) is 32.9 Å². The number of rotatable bonds is 7. The zero-order chi connectivity index (χ0) is 15.6. The SMILES string of the molecule is CCNCc1ccc(S(=O)(=O)N(C)CC2CC2C)cc1Cl. The summed E-state index contributed by atoms with van der Waals surface area (Å²) in [4.78, 5) is 0.267. The smallest absolute Gasteiger partial charge is 0.242 e. The second kappa shape index (κ2) is 6.65. The molecule has 0 aromatic heterocycles. The van der Waals surface area contributed by atoms with Crippen molar-refractivity contribution in [1.29, 1.82) is 0 Å². The zero-order valence-corrected chi connectivity index (χ0v) is 14.3. The van der Waals surface area contributed by atoms with E-state index in [-0.39, 0.29) is 4.90 Å². The predicted octanol–water partition coefficient (Wildman–Crippen LogP) is 2.73. The summed E-state index contributed by atoms with van der Waals surface area (Å²) in [6.45, 7) is 6.24. The first-order chi connectivity index (χ1) is 9.86. The van der Waals surface area contributed by atoms with E-state index < -0.39 is 10.0 Å². The molecule has 0 bridgehead atoms. The van der Waals surface area contributed by atoms with Crippen LogP contribution in [0.1, 0.15) is 25.8 Å². The molecule has 2 atom stereocenters. The van der Waals surface area contributed by atoms with E-state index in [2.05, 4.69) is 12.2 Å². The molecule has 6 heteroatoms. The molecular weight excluding hydrogens is 308 g/mol. The number of hydrogen-bond donors (Lipinski definition) is 1. The highest BCUT2D eigenvalue weighted by molar-refractivity contribution is 7.89. The van der Waals surface area contributed by atoms with Gasteiger partial charge < -0.3 is 5.32 Å². The molecule has 118 valence electrons. The van der Waals surface area contributed by atoms with Crippen molar-refractivity contribution >= 4 is 21.6 Å². The molecule has 1 fully saturated rings. The lowest BCUT2D eigenvalue weighted by Crippen LogP contribution is -2.29. The van der Waals surface area contributed by atoms with Crippen LogP contribution in [0.25, 0.3) is 0 Å². The van der Waals surface area contributed by atoms with Gasteiger partial charge in [-0.1, -0.05) is 31.5 Å². The first-order valence-corrected chi connectivity index (χ1v) is 9.13. The molecule has 0 saturated heterocycles. The van der Waals surface area contributed by atoms with Gasteiger partial charge in [-0.15, -0.1) is 0 Å². The topological polar surface area (TPSA) is 49.4 Å². The molecule has 2 rings (SSSR count). The van der Waals surface area contributed by atoms with Crippen molar-refractivity contribution in [3.8, 4) is 0 Å². The van der Waals surface area contributed by atoms with Gasteiger partial charge in [0.15, 0.2) is 0 Å². The van der Waals surface area contributed by atoms with Crippen LogP contribution < -0.4 is 5.32 Å². The standard InChI is InChI=1S/C15H23ClN2O2S/c1-4-17-9-12-5-6-14(8-15(12)16)21(19,20)18(3)10-13-7-11(13)2/h5-6,8,11,13,17H,4,7,9-10H2,1-3H3. The van der Waals surface area contributed by atoms with Gasteiger partial charge in [0.05, 0.1) is 4.90 Å². The summed E-state index contributed by atoms with van der Waals surface area (Å²) in [5.41, 5.74) is 0.913. The van der Waals surface area contributed by atoms with Crippen LogP contribution in [0.4, 0.5) is 0 Å². The van der Waals surface area contributed by atoms with E-state index in [1.165, 1.54) is 4.31 Å². The minimum absolute atomic E-state index is 0.267. The van der Waals surface area contributed by atoms with E-state index in [4.69, 9.17) is 11.6 Å². The molecule has 1 aliphatic rings. The van der Waals surface area contributed by atoms with Crippen molar-refractivity contribution in [2.24, 2.45) is 11.8 Å². The Morgan fingerprint density at radius 2 is 2.10 bits per heavy atom. The summed E-state index contributed by atoms with van der Waals surface area (Å²) in [7, 11) is -1.81. The minimum Gasteiger partial charge on any atom is -0.313 e. The quantitative estimate of drug-likeness (QED) is 0.836. The summed E-state index contributed by atoms with van der Waals surface area (Å²) in [6, 6.07) is 4.97. The van der Waals surface area contributed by atoms with Crippen LogP contribution in [0, 0.1) is 11.8 Å². The van der Waals surface area contributed by atoms with Gasteiger partial charge in [-0.05, 0) is 42.5 Å². The first kappa shape index (κ1) is 16.7. The average molecular weight is 331 g/mol. The van der Waals surface area contributed by atoms with Crippen LogP contribution >= 0.6 is 11.6 Å². The lowest BCUT2D eigenvalue weighted by molar-refractivity contribution is 0.444. The van der Waals surface area contributed by atoms with Crippen LogP contribution in [0.3, 0.4) is 0 Å². The van der Waals surface area contributed by atoms with Gasteiger partial charge in [0.2, 0.25) is 10.0 Å². The minimum atomic E-state index is -3.45. The fourth-order valence-electron chi connectivity index (χ4n) is 2.35. The maximum atomic E-state index is 12.5. The zero-order valence-electron chi connectivity index (χ0n) is 12.8. The van der Waals surface area contributed by atoms with E-state index in [0.29, 0.717) is 29.9 Å². The molecule has 4 nitrogen and oxygen atoms in total. The molecule has 1 N–H and O–H groups in total. The second-order valence-corrected chi connectivity index (χ2v) is 8.24. The third-order valence-corrected chi connectivity index (χ3v) is 6.24. The van der Waals surface area contributed by atoms with Gasteiger partial charge in [-0.25, -0.2) is 12.7 Å². The third kappa shape index (κ3) is 3.97. The molecule has 1 aliphatic carbocycles. The van der Waals surface area contributed by atoms with Crippen molar-refractivity contribution in [2.45, 2.75) is 31.7 Å². The number of nitrogens with zero attached hydrogens (tertiary/aromatic N) is 1. The molecule has 21 heavy (non-hydrogen) atoms. The largest absolute Gasteiger partial charge is 0.313 e. The molecule has 2 unspecified atom stereocenters. The molecule has 0 heterocycles. The monoisotopic (exact) mass is 330 g/mol. The van der Waals surface area contributed by atoms with Crippen molar-refractivity contribution in [2.75, 3.05) is 20.1 Å². The predicted molar refractivity (Wildman–Crippen MR) is 85.9 cm³/mol. The Bertz CT molecular complexity index is 604. The Balaban J connectivity index is 2.14. The molecule has 1 aromatic rings. The number of nitrogens with one attached hydrogen (secondary N) is 1. The summed E-state index contributed by atoms with van der Waals surface area (Å²) >= 11 is 6.19. The fraction of sp³-hybridized carbons (Fsp3) is 0.600. The molecular formula is C15H23ClN2O2S. The highest BCUT2D eigenvalue weighted by Crippen LogP contribution is 2.38. The molecule has 0 aliphatic heterocycles. The van der Waals surface area contributed by atoms with Crippen LogP contribution in [0.15, 0.2) is 23.1 Å². The fourth-order valence-corrected chi connectivity index (χ4v) is 3.92. The van der Waals surface area contributed by atoms with Gasteiger partial charge in [-0.3, -0.25) is 0 Å². The Kier molecular flexibility index (Phi) is 5.30. The molecule has 1 saturated carbocycles. The van der Waals surface area contributed by atoms with Crippen LogP contribution in [0.2, 0.25) is 5.02 Å². The number of hydrogen-bond acceptors (Lipinski definition) is 3. The summed E-state index contributed by atoms with van der Waals surface area (Å²) in [6.07, 6.45) is 1.11. The maximum Gasteiger partial charge on any atom is 0.242 e. The normalized spacial score (nSPS) is 21.8.